The first kappa shape index (κ1) is 21.9. The fourth-order valence-corrected chi connectivity index (χ4v) is 5.55. The van der Waals surface area contributed by atoms with Crippen molar-refractivity contribution in [3.63, 3.8) is 0 Å². The first-order valence-corrected chi connectivity index (χ1v) is 11.5. The number of nitrogens with zero attached hydrogens (tertiary/aromatic N) is 1. The van der Waals surface area contributed by atoms with Crippen molar-refractivity contribution in [3.8, 4) is 16.9 Å². The number of aromatic carboxylic acids is 1. The molecule has 0 bridgehead atoms. The molecule has 2 heterocycles. The number of rotatable bonds is 5. The van der Waals surface area contributed by atoms with Gasteiger partial charge in [-0.15, -0.1) is 0 Å². The van der Waals surface area contributed by atoms with E-state index in [9.17, 15) is 19.1 Å². The van der Waals surface area contributed by atoms with Gasteiger partial charge in [-0.05, 0) is 66.7 Å². The lowest BCUT2D eigenvalue weighted by molar-refractivity contribution is -0.142. The van der Waals surface area contributed by atoms with Crippen molar-refractivity contribution < 1.29 is 28.6 Å². The molecular formula is C26H28FNO5. The third-order valence-electron chi connectivity index (χ3n) is 7.58. The van der Waals surface area contributed by atoms with Crippen LogP contribution >= 0.6 is 0 Å². The van der Waals surface area contributed by atoms with Gasteiger partial charge in [0, 0.05) is 25.3 Å². The molecule has 1 aliphatic carbocycles. The first-order valence-electron chi connectivity index (χ1n) is 11.5. The highest BCUT2D eigenvalue weighted by Crippen LogP contribution is 2.65. The molecule has 1 unspecified atom stereocenters. The lowest BCUT2D eigenvalue weighted by Crippen LogP contribution is -2.44. The minimum absolute atomic E-state index is 0.0407. The first-order chi connectivity index (χ1) is 15.9. The number of hydrogen-bond acceptors (Lipinski definition) is 4. The Bertz CT molecular complexity index is 1070. The van der Waals surface area contributed by atoms with E-state index >= 15 is 0 Å². The quantitative estimate of drug-likeness (QED) is 0.723. The Morgan fingerprint density at radius 2 is 1.91 bits per heavy atom. The summed E-state index contributed by atoms with van der Waals surface area (Å²) in [6.07, 6.45) is 4.66. The third kappa shape index (κ3) is 3.99. The summed E-state index contributed by atoms with van der Waals surface area (Å²) in [5.74, 6) is -1.23. The van der Waals surface area contributed by atoms with Crippen LogP contribution in [0.25, 0.3) is 11.1 Å². The van der Waals surface area contributed by atoms with Crippen LogP contribution in [0.4, 0.5) is 4.39 Å². The molecule has 2 aromatic carbocycles. The van der Waals surface area contributed by atoms with Crippen molar-refractivity contribution in [2.24, 2.45) is 5.41 Å². The number of piperidine rings is 1. The molecule has 1 saturated carbocycles. The molecule has 3 aliphatic rings. The highest BCUT2D eigenvalue weighted by molar-refractivity contribution is 5.90. The van der Waals surface area contributed by atoms with Crippen LogP contribution in [0.2, 0.25) is 0 Å². The molecule has 2 atom stereocenters. The normalized spacial score (nSPS) is 23.5. The van der Waals surface area contributed by atoms with Gasteiger partial charge in [-0.2, -0.15) is 0 Å². The summed E-state index contributed by atoms with van der Waals surface area (Å²) < 4.78 is 25.1. The summed E-state index contributed by atoms with van der Waals surface area (Å²) in [5, 5.41) is 9.29. The van der Waals surface area contributed by atoms with E-state index in [1.54, 1.807) is 0 Å². The standard InChI is InChI=1S/C26H28FNO5/c1-32-23-19(13-18(25(30)31)14-21(23)27)16-4-6-17(7-5-16)20-15-26(20)8-10-28(11-9-26)24(29)22-3-2-12-33-22/h4-7,13-14,20,22H,2-3,8-12,15H2,1H3,(H,30,31)/t20?,22-/m1/s1. The molecular weight excluding hydrogens is 425 g/mol. The van der Waals surface area contributed by atoms with Crippen LogP contribution in [0.3, 0.4) is 0 Å². The van der Waals surface area contributed by atoms with Crippen LogP contribution in [0.15, 0.2) is 36.4 Å². The Hall–Kier alpha value is -2.93. The zero-order valence-electron chi connectivity index (χ0n) is 18.7. The van der Waals surface area contributed by atoms with Crippen LogP contribution in [0.5, 0.6) is 5.75 Å². The molecule has 0 aromatic heterocycles. The number of carbonyl (C=O) groups is 2. The van der Waals surface area contributed by atoms with Crippen molar-refractivity contribution in [2.75, 3.05) is 26.8 Å². The maximum absolute atomic E-state index is 14.4. The Kier molecular flexibility index (Phi) is 5.60. The van der Waals surface area contributed by atoms with Gasteiger partial charge in [0.15, 0.2) is 11.6 Å². The van der Waals surface area contributed by atoms with Gasteiger partial charge in [0.1, 0.15) is 6.10 Å². The summed E-state index contributed by atoms with van der Waals surface area (Å²) in [6.45, 7) is 2.25. The molecule has 1 amide bonds. The van der Waals surface area contributed by atoms with Crippen LogP contribution in [-0.2, 0) is 9.53 Å². The molecule has 2 aliphatic heterocycles. The number of hydrogen-bond donors (Lipinski definition) is 1. The zero-order valence-corrected chi connectivity index (χ0v) is 18.7. The number of methoxy groups -OCH3 is 1. The SMILES string of the molecule is COc1c(F)cc(C(=O)O)cc1-c1ccc(C2CC23CCN(C(=O)[C@H]2CCCO2)CC3)cc1. The zero-order chi connectivity index (χ0) is 23.2. The minimum atomic E-state index is -1.18. The molecule has 7 heteroatoms. The highest BCUT2D eigenvalue weighted by Gasteiger charge is 2.55. The highest BCUT2D eigenvalue weighted by atomic mass is 19.1. The predicted octanol–water partition coefficient (Wildman–Crippen LogP) is 4.47. The Balaban J connectivity index is 1.28. The van der Waals surface area contributed by atoms with Crippen molar-refractivity contribution in [1.82, 2.24) is 4.90 Å². The van der Waals surface area contributed by atoms with Crippen molar-refractivity contribution in [3.05, 3.63) is 53.3 Å². The van der Waals surface area contributed by atoms with Gasteiger partial charge < -0.3 is 19.5 Å². The van der Waals surface area contributed by atoms with Gasteiger partial charge in [0.25, 0.3) is 5.91 Å². The number of carboxylic acids is 1. The summed E-state index contributed by atoms with van der Waals surface area (Å²) >= 11 is 0. The monoisotopic (exact) mass is 453 g/mol. The molecule has 6 nitrogen and oxygen atoms in total. The smallest absolute Gasteiger partial charge is 0.335 e. The number of ether oxygens (including phenoxy) is 2. The number of benzene rings is 2. The van der Waals surface area contributed by atoms with Gasteiger partial charge in [-0.1, -0.05) is 24.3 Å². The van der Waals surface area contributed by atoms with Crippen molar-refractivity contribution >= 4 is 11.9 Å². The number of carbonyl (C=O) groups excluding carboxylic acids is 1. The van der Waals surface area contributed by atoms with Gasteiger partial charge in [-0.25, -0.2) is 9.18 Å². The molecule has 33 heavy (non-hydrogen) atoms. The topological polar surface area (TPSA) is 76.1 Å². The van der Waals surface area contributed by atoms with E-state index in [1.165, 1.54) is 18.7 Å². The summed E-state index contributed by atoms with van der Waals surface area (Å²) in [7, 11) is 1.38. The van der Waals surface area contributed by atoms with Crippen LogP contribution in [-0.4, -0.2) is 54.8 Å². The van der Waals surface area contributed by atoms with E-state index in [-0.39, 0.29) is 28.7 Å². The van der Waals surface area contributed by atoms with Crippen molar-refractivity contribution in [2.45, 2.75) is 44.1 Å². The number of amides is 1. The van der Waals surface area contributed by atoms with Gasteiger partial charge in [0.2, 0.25) is 0 Å². The second-order valence-corrected chi connectivity index (χ2v) is 9.41. The van der Waals surface area contributed by atoms with E-state index in [0.29, 0.717) is 23.7 Å². The minimum Gasteiger partial charge on any atom is -0.493 e. The van der Waals surface area contributed by atoms with E-state index in [4.69, 9.17) is 9.47 Å². The van der Waals surface area contributed by atoms with Gasteiger partial charge in [0.05, 0.1) is 12.7 Å². The van der Waals surface area contributed by atoms with Gasteiger partial charge in [-0.3, -0.25) is 4.79 Å². The largest absolute Gasteiger partial charge is 0.493 e. The van der Waals surface area contributed by atoms with E-state index in [1.807, 2.05) is 29.2 Å². The Morgan fingerprint density at radius 3 is 2.52 bits per heavy atom. The van der Waals surface area contributed by atoms with E-state index in [0.717, 1.165) is 51.3 Å². The van der Waals surface area contributed by atoms with E-state index < -0.39 is 11.8 Å². The molecule has 174 valence electrons. The molecule has 2 saturated heterocycles. The number of likely N-dealkylation sites (tertiary alicyclic amines) is 1. The molecule has 5 rings (SSSR count). The number of halogens is 1. The van der Waals surface area contributed by atoms with Gasteiger partial charge >= 0.3 is 5.97 Å². The Labute approximate surface area is 192 Å². The summed E-state index contributed by atoms with van der Waals surface area (Å²) in [4.78, 5) is 26.0. The maximum atomic E-state index is 14.4. The molecule has 1 spiro atoms. The predicted molar refractivity (Wildman–Crippen MR) is 120 cm³/mol. The average molecular weight is 454 g/mol. The van der Waals surface area contributed by atoms with Crippen LogP contribution < -0.4 is 4.74 Å². The fraction of sp³-hybridized carbons (Fsp3) is 0.462. The average Bonchev–Trinajstić information content (AvgIpc) is 3.24. The summed E-state index contributed by atoms with van der Waals surface area (Å²) in [6, 6.07) is 10.3. The second-order valence-electron chi connectivity index (χ2n) is 9.41. The Morgan fingerprint density at radius 1 is 1.18 bits per heavy atom. The summed E-state index contributed by atoms with van der Waals surface area (Å²) in [5.41, 5.74) is 2.50. The fourth-order valence-electron chi connectivity index (χ4n) is 5.55. The maximum Gasteiger partial charge on any atom is 0.335 e. The van der Waals surface area contributed by atoms with E-state index in [2.05, 4.69) is 0 Å². The van der Waals surface area contributed by atoms with Crippen molar-refractivity contribution in [1.29, 1.82) is 0 Å². The molecule has 0 radical (unpaired) electrons. The lowest BCUT2D eigenvalue weighted by Gasteiger charge is -2.34. The third-order valence-corrected chi connectivity index (χ3v) is 7.58. The lowest BCUT2D eigenvalue weighted by atomic mass is 9.88. The molecule has 1 N–H and O–H groups in total. The molecule has 3 fully saturated rings. The second kappa shape index (κ2) is 8.45. The van der Waals surface area contributed by atoms with Crippen LogP contribution in [0.1, 0.15) is 53.9 Å². The molecule has 2 aromatic rings. The van der Waals surface area contributed by atoms with Crippen LogP contribution in [0, 0.1) is 11.2 Å². The number of carboxylic acid groups (broad SMARTS) is 1.